The van der Waals surface area contributed by atoms with E-state index < -0.39 is 35.7 Å². The van der Waals surface area contributed by atoms with Gasteiger partial charge in [0, 0.05) is 13.1 Å². The van der Waals surface area contributed by atoms with Gasteiger partial charge >= 0.3 is 12.0 Å². The number of piperidine rings is 1. The zero-order valence-electron chi connectivity index (χ0n) is 15.7. The highest BCUT2D eigenvalue weighted by atomic mass is 19.1. The third-order valence-corrected chi connectivity index (χ3v) is 4.86. The molecule has 2 atom stereocenters. The van der Waals surface area contributed by atoms with Crippen molar-refractivity contribution in [3.05, 3.63) is 66.0 Å². The van der Waals surface area contributed by atoms with Crippen LogP contribution in [0.15, 0.2) is 54.6 Å². The van der Waals surface area contributed by atoms with Gasteiger partial charge in [0.25, 0.3) is 0 Å². The van der Waals surface area contributed by atoms with Crippen LogP contribution in [-0.4, -0.2) is 41.0 Å². The van der Waals surface area contributed by atoms with Gasteiger partial charge in [-0.15, -0.1) is 0 Å². The van der Waals surface area contributed by atoms with Crippen LogP contribution in [0.4, 0.5) is 14.9 Å². The predicted octanol–water partition coefficient (Wildman–Crippen LogP) is 3.01. The Morgan fingerprint density at radius 1 is 1.07 bits per heavy atom. The van der Waals surface area contributed by atoms with E-state index in [0.29, 0.717) is 24.9 Å². The van der Waals surface area contributed by atoms with E-state index in [4.69, 9.17) is 0 Å². The van der Waals surface area contributed by atoms with E-state index in [1.807, 2.05) is 0 Å². The van der Waals surface area contributed by atoms with Crippen LogP contribution < -0.4 is 10.6 Å². The average Bonchev–Trinajstić information content (AvgIpc) is 2.74. The molecule has 1 saturated heterocycles. The molecule has 7 nitrogen and oxygen atoms in total. The maximum Gasteiger partial charge on any atom is 0.330 e. The number of nitrogens with zero attached hydrogens (tertiary/aromatic N) is 1. The summed E-state index contributed by atoms with van der Waals surface area (Å²) in [6.07, 6.45) is 1.13. The van der Waals surface area contributed by atoms with E-state index in [1.165, 1.54) is 23.1 Å². The number of carboxylic acids is 1. The van der Waals surface area contributed by atoms with Crippen molar-refractivity contribution in [1.82, 2.24) is 10.2 Å². The smallest absolute Gasteiger partial charge is 0.330 e. The topological polar surface area (TPSA) is 98.7 Å². The molecule has 3 rings (SSSR count). The SMILES string of the molecule is O=C(N[C@H](C(=O)O)c1ccccc1)C1CCCN(C(=O)Nc2ccccc2F)C1. The van der Waals surface area contributed by atoms with E-state index >= 15 is 0 Å². The summed E-state index contributed by atoms with van der Waals surface area (Å²) in [5.41, 5.74) is 0.539. The fourth-order valence-corrected chi connectivity index (χ4v) is 3.33. The number of carboxylic acid groups (broad SMARTS) is 1. The van der Waals surface area contributed by atoms with Crippen molar-refractivity contribution >= 4 is 23.6 Å². The van der Waals surface area contributed by atoms with Crippen molar-refractivity contribution in [2.75, 3.05) is 18.4 Å². The highest BCUT2D eigenvalue weighted by Gasteiger charge is 2.31. The number of nitrogens with one attached hydrogen (secondary N) is 2. The van der Waals surface area contributed by atoms with E-state index in [-0.39, 0.29) is 12.2 Å². The Morgan fingerprint density at radius 2 is 1.76 bits per heavy atom. The van der Waals surface area contributed by atoms with E-state index in [1.54, 1.807) is 36.4 Å². The molecule has 2 aromatic carbocycles. The molecule has 29 heavy (non-hydrogen) atoms. The van der Waals surface area contributed by atoms with Gasteiger partial charge in [-0.25, -0.2) is 14.0 Å². The lowest BCUT2D eigenvalue weighted by Crippen LogP contribution is -2.48. The molecular formula is C21H22FN3O4. The first-order chi connectivity index (χ1) is 14.0. The summed E-state index contributed by atoms with van der Waals surface area (Å²) in [7, 11) is 0. The molecule has 0 aliphatic carbocycles. The first-order valence-corrected chi connectivity index (χ1v) is 9.34. The number of urea groups is 1. The summed E-state index contributed by atoms with van der Waals surface area (Å²) >= 11 is 0. The number of likely N-dealkylation sites (tertiary alicyclic amines) is 1. The zero-order chi connectivity index (χ0) is 20.8. The normalized spacial score (nSPS) is 17.3. The minimum Gasteiger partial charge on any atom is -0.479 e. The molecule has 1 unspecified atom stereocenters. The summed E-state index contributed by atoms with van der Waals surface area (Å²) in [5.74, 6) is -2.67. The van der Waals surface area contributed by atoms with Crippen LogP contribution in [0.25, 0.3) is 0 Å². The maximum absolute atomic E-state index is 13.7. The first kappa shape index (κ1) is 20.3. The van der Waals surface area contributed by atoms with Gasteiger partial charge < -0.3 is 20.6 Å². The number of hydrogen-bond donors (Lipinski definition) is 3. The lowest BCUT2D eigenvalue weighted by molar-refractivity contribution is -0.143. The van der Waals surface area contributed by atoms with Gasteiger partial charge in [0.05, 0.1) is 11.6 Å². The van der Waals surface area contributed by atoms with Gasteiger partial charge in [0.2, 0.25) is 5.91 Å². The quantitative estimate of drug-likeness (QED) is 0.720. The van der Waals surface area contributed by atoms with E-state index in [9.17, 15) is 23.9 Å². The molecule has 0 aromatic heterocycles. The molecule has 0 radical (unpaired) electrons. The Morgan fingerprint density at radius 3 is 2.45 bits per heavy atom. The number of benzene rings is 2. The number of hydrogen-bond acceptors (Lipinski definition) is 3. The second-order valence-electron chi connectivity index (χ2n) is 6.89. The second kappa shape index (κ2) is 9.18. The van der Waals surface area contributed by atoms with Crippen LogP contribution in [0.3, 0.4) is 0 Å². The number of rotatable bonds is 5. The number of carbonyl (C=O) groups excluding carboxylic acids is 2. The molecule has 1 heterocycles. The van der Waals surface area contributed by atoms with Gasteiger partial charge in [-0.05, 0) is 30.5 Å². The fourth-order valence-electron chi connectivity index (χ4n) is 3.33. The van der Waals surface area contributed by atoms with Crippen LogP contribution in [0.1, 0.15) is 24.4 Å². The maximum atomic E-state index is 13.7. The number of carbonyl (C=O) groups is 3. The van der Waals surface area contributed by atoms with Crippen LogP contribution in [0.5, 0.6) is 0 Å². The summed E-state index contributed by atoms with van der Waals surface area (Å²) in [4.78, 5) is 38.2. The fraction of sp³-hybridized carbons (Fsp3) is 0.286. The van der Waals surface area contributed by atoms with Gasteiger partial charge in [0.1, 0.15) is 5.82 Å². The van der Waals surface area contributed by atoms with Gasteiger partial charge in [-0.1, -0.05) is 42.5 Å². The van der Waals surface area contributed by atoms with Crippen molar-refractivity contribution in [1.29, 1.82) is 0 Å². The van der Waals surface area contributed by atoms with Gasteiger partial charge in [-0.3, -0.25) is 4.79 Å². The average molecular weight is 399 g/mol. The van der Waals surface area contributed by atoms with Crippen LogP contribution in [0.2, 0.25) is 0 Å². The molecule has 152 valence electrons. The monoisotopic (exact) mass is 399 g/mol. The largest absolute Gasteiger partial charge is 0.479 e. The van der Waals surface area contributed by atoms with Gasteiger partial charge in [-0.2, -0.15) is 0 Å². The van der Waals surface area contributed by atoms with Crippen molar-refractivity contribution in [3.8, 4) is 0 Å². The van der Waals surface area contributed by atoms with Crippen LogP contribution >= 0.6 is 0 Å². The summed E-state index contributed by atoms with van der Waals surface area (Å²) < 4.78 is 13.7. The second-order valence-corrected chi connectivity index (χ2v) is 6.89. The highest BCUT2D eigenvalue weighted by molar-refractivity contribution is 5.90. The number of aliphatic carboxylic acids is 1. The Kier molecular flexibility index (Phi) is 6.43. The molecule has 3 amide bonds. The van der Waals surface area contributed by atoms with Crippen molar-refractivity contribution in [2.24, 2.45) is 5.92 Å². The molecule has 1 aliphatic rings. The molecule has 3 N–H and O–H groups in total. The van der Waals surface area contributed by atoms with Crippen LogP contribution in [0, 0.1) is 11.7 Å². The van der Waals surface area contributed by atoms with E-state index in [0.717, 1.165) is 0 Å². The van der Waals surface area contributed by atoms with Gasteiger partial charge in [0.15, 0.2) is 6.04 Å². The lowest BCUT2D eigenvalue weighted by Gasteiger charge is -2.32. The molecule has 0 saturated carbocycles. The Bertz CT molecular complexity index is 891. The molecule has 8 heteroatoms. The molecule has 0 bridgehead atoms. The number of amides is 3. The van der Waals surface area contributed by atoms with Crippen molar-refractivity contribution in [3.63, 3.8) is 0 Å². The van der Waals surface area contributed by atoms with Crippen molar-refractivity contribution < 1.29 is 23.9 Å². The third-order valence-electron chi connectivity index (χ3n) is 4.86. The third kappa shape index (κ3) is 5.10. The molecule has 1 aliphatic heterocycles. The van der Waals surface area contributed by atoms with Crippen LogP contribution in [-0.2, 0) is 9.59 Å². The minimum absolute atomic E-state index is 0.0686. The Labute approximate surface area is 167 Å². The Hall–Kier alpha value is -3.42. The molecule has 0 spiro atoms. The summed E-state index contributed by atoms with van der Waals surface area (Å²) in [6, 6.07) is 12.6. The standard InChI is InChI=1S/C21H22FN3O4/c22-16-10-4-5-11-17(16)23-21(29)25-12-6-9-15(13-25)19(26)24-18(20(27)28)14-7-2-1-3-8-14/h1-5,7-8,10-11,15,18H,6,9,12-13H2,(H,23,29)(H,24,26)(H,27,28)/t15?,18-/m0/s1. The number of para-hydroxylation sites is 1. The number of anilines is 1. The molecule has 1 fully saturated rings. The van der Waals surface area contributed by atoms with Crippen molar-refractivity contribution in [2.45, 2.75) is 18.9 Å². The summed E-state index contributed by atoms with van der Waals surface area (Å²) in [5, 5.41) is 14.6. The lowest BCUT2D eigenvalue weighted by atomic mass is 9.96. The highest BCUT2D eigenvalue weighted by Crippen LogP contribution is 2.21. The Balaban J connectivity index is 1.63. The zero-order valence-corrected chi connectivity index (χ0v) is 15.7. The first-order valence-electron chi connectivity index (χ1n) is 9.34. The summed E-state index contributed by atoms with van der Waals surface area (Å²) in [6.45, 7) is 0.568. The minimum atomic E-state index is -1.16. The molecular weight excluding hydrogens is 377 g/mol. The predicted molar refractivity (Wildman–Crippen MR) is 105 cm³/mol. The molecule has 2 aromatic rings. The number of halogens is 1. The van der Waals surface area contributed by atoms with E-state index in [2.05, 4.69) is 10.6 Å².